The third kappa shape index (κ3) is 8.05. The third-order valence-electron chi connectivity index (χ3n) is 5.58. The highest BCUT2D eigenvalue weighted by molar-refractivity contribution is 5.52. The fourth-order valence-corrected chi connectivity index (χ4v) is 3.91. The van der Waals surface area contributed by atoms with Crippen molar-refractivity contribution in [3.05, 3.63) is 54.3 Å². The molecule has 0 heterocycles. The van der Waals surface area contributed by atoms with E-state index >= 15 is 0 Å². The van der Waals surface area contributed by atoms with E-state index in [2.05, 4.69) is 4.74 Å². The largest absolute Gasteiger partial charge is 0.522 e. The molecule has 1 aliphatic rings. The van der Waals surface area contributed by atoms with Gasteiger partial charge in [0.05, 0.1) is 12.6 Å². The lowest BCUT2D eigenvalue weighted by Crippen LogP contribution is -2.43. The minimum absolute atomic E-state index is 0.103. The zero-order valence-corrected chi connectivity index (χ0v) is 18.0. The Morgan fingerprint density at radius 1 is 0.912 bits per heavy atom. The van der Waals surface area contributed by atoms with Crippen LogP contribution in [0.25, 0.3) is 0 Å². The van der Waals surface area contributed by atoms with E-state index in [1.807, 2.05) is 0 Å². The average Bonchev–Trinajstić information content (AvgIpc) is 2.75. The van der Waals surface area contributed by atoms with E-state index in [0.717, 1.165) is 0 Å². The molecule has 1 unspecified atom stereocenters. The van der Waals surface area contributed by atoms with E-state index in [0.29, 0.717) is 24.3 Å². The Morgan fingerprint density at radius 2 is 1.56 bits per heavy atom. The van der Waals surface area contributed by atoms with Crippen LogP contribution < -0.4 is 9.64 Å². The van der Waals surface area contributed by atoms with Crippen molar-refractivity contribution in [3.8, 4) is 11.5 Å². The minimum atomic E-state index is -4.83. The van der Waals surface area contributed by atoms with Crippen molar-refractivity contribution in [2.75, 3.05) is 18.0 Å². The molecule has 188 valence electrons. The van der Waals surface area contributed by atoms with Crippen LogP contribution in [-0.4, -0.2) is 42.9 Å². The van der Waals surface area contributed by atoms with Crippen molar-refractivity contribution in [2.24, 2.45) is 5.92 Å². The number of benzene rings is 2. The lowest BCUT2D eigenvalue weighted by Gasteiger charge is -2.35. The van der Waals surface area contributed by atoms with Crippen LogP contribution in [0.15, 0.2) is 48.5 Å². The molecule has 4 nitrogen and oxygen atoms in total. The number of rotatable bonds is 8. The van der Waals surface area contributed by atoms with Crippen LogP contribution in [-0.2, 0) is 4.74 Å². The molecule has 2 aromatic carbocycles. The number of halogens is 7. The zero-order chi connectivity index (χ0) is 24.9. The highest BCUT2D eigenvalue weighted by Crippen LogP contribution is 2.34. The number of alkyl halides is 6. The molecule has 1 atom stereocenters. The minimum Gasteiger partial charge on any atom is -0.457 e. The molecule has 0 bridgehead atoms. The molecule has 1 saturated carbocycles. The van der Waals surface area contributed by atoms with Gasteiger partial charge in [-0.05, 0) is 68.0 Å². The Kier molecular flexibility index (Phi) is 8.29. The van der Waals surface area contributed by atoms with Crippen LogP contribution in [0.2, 0.25) is 0 Å². The molecule has 1 fully saturated rings. The fourth-order valence-electron chi connectivity index (χ4n) is 3.91. The molecule has 1 N–H and O–H groups in total. The first-order valence-electron chi connectivity index (χ1n) is 10.7. The predicted octanol–water partition coefficient (Wildman–Crippen LogP) is 6.44. The zero-order valence-electron chi connectivity index (χ0n) is 18.0. The first-order valence-corrected chi connectivity index (χ1v) is 10.7. The quantitative estimate of drug-likeness (QED) is 0.428. The summed E-state index contributed by atoms with van der Waals surface area (Å²) in [6.07, 6.45) is -12.2. The van der Waals surface area contributed by atoms with Crippen molar-refractivity contribution in [3.63, 3.8) is 0 Å². The maximum atomic E-state index is 13.1. The summed E-state index contributed by atoms with van der Waals surface area (Å²) in [6.45, 7) is -0.644. The Bertz CT molecular complexity index is 910. The highest BCUT2D eigenvalue weighted by Gasteiger charge is 2.40. The highest BCUT2D eigenvalue weighted by atomic mass is 19.4. The molecule has 0 aromatic heterocycles. The molecule has 0 radical (unpaired) electrons. The van der Waals surface area contributed by atoms with Crippen LogP contribution >= 0.6 is 0 Å². The summed E-state index contributed by atoms with van der Waals surface area (Å²) in [4.78, 5) is 1.35. The fraction of sp³-hybridized carbons (Fsp3) is 0.478. The Balaban J connectivity index is 1.72. The van der Waals surface area contributed by atoms with Crippen LogP contribution in [0, 0.1) is 11.7 Å². The molecule has 0 aliphatic heterocycles. The summed E-state index contributed by atoms with van der Waals surface area (Å²) in [7, 11) is 0. The van der Waals surface area contributed by atoms with E-state index < -0.39 is 37.1 Å². The van der Waals surface area contributed by atoms with Crippen LogP contribution in [0.5, 0.6) is 11.5 Å². The van der Waals surface area contributed by atoms with Gasteiger partial charge in [0.1, 0.15) is 17.3 Å². The maximum absolute atomic E-state index is 13.1. The molecule has 1 aliphatic carbocycles. The Labute approximate surface area is 191 Å². The van der Waals surface area contributed by atoms with Gasteiger partial charge in [-0.25, -0.2) is 4.39 Å². The monoisotopic (exact) mass is 495 g/mol. The lowest BCUT2D eigenvalue weighted by atomic mass is 9.87. The third-order valence-corrected chi connectivity index (χ3v) is 5.58. The van der Waals surface area contributed by atoms with E-state index in [-0.39, 0.29) is 31.1 Å². The van der Waals surface area contributed by atoms with Gasteiger partial charge in [-0.3, -0.25) is 4.74 Å². The Hall–Kier alpha value is -2.53. The standard InChI is InChI=1S/C23H24F7NO3/c24-16-6-10-18(11-7-16)33-20-3-1-2-17(12-20)31(14-21(32)22(25,26)27)13-15-4-8-19(9-5-15)34-23(28,29)30/h1-3,6-7,10-12,15,19,21,32H,4-5,8-9,13-14H2. The summed E-state index contributed by atoms with van der Waals surface area (Å²) in [5.41, 5.74) is 0.344. The maximum Gasteiger partial charge on any atom is 0.522 e. The summed E-state index contributed by atoms with van der Waals surface area (Å²) in [5.74, 6) is -0.0275. The number of ether oxygens (including phenoxy) is 2. The van der Waals surface area contributed by atoms with Crippen molar-refractivity contribution in [1.82, 2.24) is 0 Å². The topological polar surface area (TPSA) is 41.9 Å². The van der Waals surface area contributed by atoms with Gasteiger partial charge in [-0.2, -0.15) is 13.2 Å². The number of hydrogen-bond acceptors (Lipinski definition) is 4. The molecule has 0 saturated heterocycles. The van der Waals surface area contributed by atoms with Crippen LogP contribution in [0.3, 0.4) is 0 Å². The SMILES string of the molecule is OC(CN(CC1CCC(OC(F)(F)F)CC1)c1cccc(Oc2ccc(F)cc2)c1)C(F)(F)F. The van der Waals surface area contributed by atoms with Gasteiger partial charge in [0.2, 0.25) is 0 Å². The number of nitrogens with zero attached hydrogens (tertiary/aromatic N) is 1. The van der Waals surface area contributed by atoms with Gasteiger partial charge in [0.25, 0.3) is 0 Å². The van der Waals surface area contributed by atoms with Gasteiger partial charge in [-0.15, -0.1) is 13.2 Å². The summed E-state index contributed by atoms with van der Waals surface area (Å²) < 4.78 is 99.3. The molecule has 11 heteroatoms. The van der Waals surface area contributed by atoms with E-state index in [1.54, 1.807) is 18.2 Å². The molecule has 34 heavy (non-hydrogen) atoms. The van der Waals surface area contributed by atoms with E-state index in [9.17, 15) is 35.8 Å². The smallest absolute Gasteiger partial charge is 0.457 e. The van der Waals surface area contributed by atoms with Crippen LogP contribution in [0.1, 0.15) is 25.7 Å². The van der Waals surface area contributed by atoms with Gasteiger partial charge in [0, 0.05) is 18.3 Å². The normalized spacial score (nSPS) is 20.1. The lowest BCUT2D eigenvalue weighted by molar-refractivity contribution is -0.345. The van der Waals surface area contributed by atoms with Crippen molar-refractivity contribution < 1.29 is 45.3 Å². The van der Waals surface area contributed by atoms with Gasteiger partial charge < -0.3 is 14.7 Å². The second kappa shape index (κ2) is 10.8. The first-order chi connectivity index (χ1) is 15.9. The summed E-state index contributed by atoms with van der Waals surface area (Å²) >= 11 is 0. The number of anilines is 1. The number of aliphatic hydroxyl groups excluding tert-OH is 1. The van der Waals surface area contributed by atoms with Crippen LogP contribution in [0.4, 0.5) is 36.4 Å². The summed E-state index contributed by atoms with van der Waals surface area (Å²) in [6, 6.07) is 11.4. The van der Waals surface area contributed by atoms with Gasteiger partial charge in [0.15, 0.2) is 6.10 Å². The molecule has 0 amide bonds. The second-order valence-electron chi connectivity index (χ2n) is 8.22. The Morgan fingerprint density at radius 3 is 2.15 bits per heavy atom. The first kappa shape index (κ1) is 26.1. The predicted molar refractivity (Wildman–Crippen MR) is 110 cm³/mol. The van der Waals surface area contributed by atoms with Crippen molar-refractivity contribution >= 4 is 5.69 Å². The number of hydrogen-bond donors (Lipinski definition) is 1. The second-order valence-corrected chi connectivity index (χ2v) is 8.22. The van der Waals surface area contributed by atoms with Crippen molar-refractivity contribution in [2.45, 2.75) is 50.4 Å². The average molecular weight is 495 g/mol. The van der Waals surface area contributed by atoms with Gasteiger partial charge in [-0.1, -0.05) is 6.07 Å². The molecule has 0 spiro atoms. The van der Waals surface area contributed by atoms with E-state index in [4.69, 9.17) is 4.74 Å². The van der Waals surface area contributed by atoms with E-state index in [1.165, 1.54) is 35.2 Å². The summed E-state index contributed by atoms with van der Waals surface area (Å²) in [5, 5.41) is 9.67. The van der Waals surface area contributed by atoms with Gasteiger partial charge >= 0.3 is 12.5 Å². The van der Waals surface area contributed by atoms with Crippen molar-refractivity contribution in [1.29, 1.82) is 0 Å². The molecular formula is C23H24F7NO3. The number of aliphatic hydroxyl groups is 1. The molecule has 3 rings (SSSR count). The molecular weight excluding hydrogens is 471 g/mol. The molecule has 2 aromatic rings.